The van der Waals surface area contributed by atoms with E-state index in [1.807, 2.05) is 42.2 Å². The number of para-hydroxylation sites is 1. The second kappa shape index (κ2) is 6.53. The van der Waals surface area contributed by atoms with E-state index in [0.717, 1.165) is 31.6 Å². The molecule has 1 atom stereocenters. The lowest BCUT2D eigenvalue weighted by atomic mass is 10.0. The van der Waals surface area contributed by atoms with Gasteiger partial charge in [-0.2, -0.15) is 0 Å². The first-order valence-electron chi connectivity index (χ1n) is 6.80. The highest BCUT2D eigenvalue weighted by atomic mass is 79.9. The molecule has 104 valence electrons. The number of likely N-dealkylation sites (tertiary alicyclic amines) is 1. The SMILES string of the molecule is CC(Br)C(=O)N(c1ccccc1)C1CCN(C)CC1. The van der Waals surface area contributed by atoms with E-state index in [0.29, 0.717) is 6.04 Å². The van der Waals surface area contributed by atoms with Crippen LogP contribution in [0.25, 0.3) is 0 Å². The van der Waals surface area contributed by atoms with Gasteiger partial charge in [0.1, 0.15) is 0 Å². The fourth-order valence-corrected chi connectivity index (χ4v) is 2.77. The largest absolute Gasteiger partial charge is 0.308 e. The summed E-state index contributed by atoms with van der Waals surface area (Å²) in [6, 6.07) is 10.3. The van der Waals surface area contributed by atoms with Crippen LogP contribution in [0.4, 0.5) is 5.69 Å². The molecule has 0 N–H and O–H groups in total. The highest BCUT2D eigenvalue weighted by molar-refractivity contribution is 9.10. The normalized spacial score (nSPS) is 19.1. The minimum absolute atomic E-state index is 0.146. The van der Waals surface area contributed by atoms with Gasteiger partial charge >= 0.3 is 0 Å². The summed E-state index contributed by atoms with van der Waals surface area (Å²) in [5.41, 5.74) is 1.01. The molecule has 1 aromatic rings. The fourth-order valence-electron chi connectivity index (χ4n) is 2.55. The third kappa shape index (κ3) is 3.57. The molecule has 1 aliphatic rings. The predicted molar refractivity (Wildman–Crippen MR) is 82.8 cm³/mol. The monoisotopic (exact) mass is 324 g/mol. The van der Waals surface area contributed by atoms with Crippen LogP contribution in [0.1, 0.15) is 19.8 Å². The number of alkyl halides is 1. The summed E-state index contributed by atoms with van der Waals surface area (Å²) in [7, 11) is 2.14. The van der Waals surface area contributed by atoms with E-state index in [4.69, 9.17) is 0 Å². The number of hydrogen-bond donors (Lipinski definition) is 0. The van der Waals surface area contributed by atoms with Gasteiger partial charge in [0.05, 0.1) is 4.83 Å². The van der Waals surface area contributed by atoms with E-state index in [-0.39, 0.29) is 10.7 Å². The second-order valence-corrected chi connectivity index (χ2v) is 6.57. The van der Waals surface area contributed by atoms with Crippen LogP contribution in [0.2, 0.25) is 0 Å². The zero-order valence-electron chi connectivity index (χ0n) is 11.6. The number of carbonyl (C=O) groups excluding carboxylic acids is 1. The van der Waals surface area contributed by atoms with E-state index in [2.05, 4.69) is 27.9 Å². The number of nitrogens with zero attached hydrogens (tertiary/aromatic N) is 2. The zero-order chi connectivity index (χ0) is 13.8. The number of anilines is 1. The Balaban J connectivity index is 2.22. The maximum absolute atomic E-state index is 12.5. The van der Waals surface area contributed by atoms with Crippen LogP contribution in [0, 0.1) is 0 Å². The van der Waals surface area contributed by atoms with E-state index in [1.165, 1.54) is 0 Å². The van der Waals surface area contributed by atoms with Crippen molar-refractivity contribution in [1.82, 2.24) is 4.90 Å². The van der Waals surface area contributed by atoms with Crippen molar-refractivity contribution in [2.75, 3.05) is 25.0 Å². The Labute approximate surface area is 123 Å². The molecule has 0 saturated carbocycles. The molecule has 0 aromatic heterocycles. The summed E-state index contributed by atoms with van der Waals surface area (Å²) in [6.45, 7) is 4.00. The van der Waals surface area contributed by atoms with Gasteiger partial charge in [-0.05, 0) is 52.0 Å². The van der Waals surface area contributed by atoms with Crippen molar-refractivity contribution < 1.29 is 4.79 Å². The van der Waals surface area contributed by atoms with Crippen LogP contribution in [0.15, 0.2) is 30.3 Å². The Morgan fingerprint density at radius 3 is 2.42 bits per heavy atom. The number of rotatable bonds is 3. The number of carbonyl (C=O) groups is 1. The molecule has 1 amide bonds. The quantitative estimate of drug-likeness (QED) is 0.798. The van der Waals surface area contributed by atoms with Gasteiger partial charge in [0.2, 0.25) is 5.91 Å². The second-order valence-electron chi connectivity index (χ2n) is 5.19. The first kappa shape index (κ1) is 14.5. The molecule has 1 aromatic carbocycles. The average molecular weight is 325 g/mol. The highest BCUT2D eigenvalue weighted by Crippen LogP contribution is 2.25. The van der Waals surface area contributed by atoms with Crippen LogP contribution < -0.4 is 4.90 Å². The summed E-state index contributed by atoms with van der Waals surface area (Å²) < 4.78 is 0. The molecule has 2 rings (SSSR count). The predicted octanol–water partition coefficient (Wildman–Crippen LogP) is 2.90. The minimum Gasteiger partial charge on any atom is -0.308 e. The van der Waals surface area contributed by atoms with Gasteiger partial charge in [-0.25, -0.2) is 0 Å². The number of benzene rings is 1. The molecule has 19 heavy (non-hydrogen) atoms. The standard InChI is InChI=1S/C15H21BrN2O/c1-12(16)15(19)18(13-6-4-3-5-7-13)14-8-10-17(2)11-9-14/h3-7,12,14H,8-11H2,1-2H3. The third-order valence-electron chi connectivity index (χ3n) is 3.67. The molecule has 0 spiro atoms. The van der Waals surface area contributed by atoms with Gasteiger partial charge in [0, 0.05) is 11.7 Å². The number of halogens is 1. The maximum atomic E-state index is 12.5. The van der Waals surface area contributed by atoms with Crippen molar-refractivity contribution in [1.29, 1.82) is 0 Å². The van der Waals surface area contributed by atoms with Crippen LogP contribution in [0.3, 0.4) is 0 Å². The van der Waals surface area contributed by atoms with E-state index in [1.54, 1.807) is 0 Å². The number of piperidine rings is 1. The molecule has 4 heteroatoms. The average Bonchev–Trinajstić information content (AvgIpc) is 2.42. The Morgan fingerprint density at radius 2 is 1.89 bits per heavy atom. The van der Waals surface area contributed by atoms with E-state index in [9.17, 15) is 4.79 Å². The van der Waals surface area contributed by atoms with Gasteiger partial charge in [-0.1, -0.05) is 34.1 Å². The molecule has 0 aliphatic carbocycles. The van der Waals surface area contributed by atoms with Gasteiger partial charge < -0.3 is 9.80 Å². The Morgan fingerprint density at radius 1 is 1.32 bits per heavy atom. The molecule has 1 unspecified atom stereocenters. The number of hydrogen-bond acceptors (Lipinski definition) is 2. The smallest absolute Gasteiger partial charge is 0.240 e. The third-order valence-corrected chi connectivity index (χ3v) is 4.06. The Kier molecular flexibility index (Phi) is 4.99. The van der Waals surface area contributed by atoms with Crippen molar-refractivity contribution in [3.63, 3.8) is 0 Å². The van der Waals surface area contributed by atoms with Gasteiger partial charge in [0.25, 0.3) is 0 Å². The zero-order valence-corrected chi connectivity index (χ0v) is 13.1. The van der Waals surface area contributed by atoms with Crippen molar-refractivity contribution in [2.24, 2.45) is 0 Å². The van der Waals surface area contributed by atoms with Crippen LogP contribution in [0.5, 0.6) is 0 Å². The first-order valence-corrected chi connectivity index (χ1v) is 7.72. The molecule has 0 bridgehead atoms. The minimum atomic E-state index is -0.146. The van der Waals surface area contributed by atoms with Crippen LogP contribution >= 0.6 is 15.9 Å². The van der Waals surface area contributed by atoms with Crippen molar-refractivity contribution >= 4 is 27.5 Å². The molecule has 1 saturated heterocycles. The topological polar surface area (TPSA) is 23.6 Å². The lowest BCUT2D eigenvalue weighted by molar-refractivity contribution is -0.118. The summed E-state index contributed by atoms with van der Waals surface area (Å²) in [6.07, 6.45) is 2.08. The lowest BCUT2D eigenvalue weighted by Gasteiger charge is -2.38. The fraction of sp³-hybridized carbons (Fsp3) is 0.533. The Hall–Kier alpha value is -0.870. The summed E-state index contributed by atoms with van der Waals surface area (Å²) in [5, 5.41) is 0. The highest BCUT2D eigenvalue weighted by Gasteiger charge is 2.29. The van der Waals surface area contributed by atoms with Gasteiger partial charge in [0.15, 0.2) is 0 Å². The molecule has 1 aliphatic heterocycles. The molecular formula is C15H21BrN2O. The summed E-state index contributed by atoms with van der Waals surface area (Å²) >= 11 is 3.41. The van der Waals surface area contributed by atoms with Crippen molar-refractivity contribution in [3.05, 3.63) is 30.3 Å². The van der Waals surface area contributed by atoms with Gasteiger partial charge in [-0.3, -0.25) is 4.79 Å². The summed E-state index contributed by atoms with van der Waals surface area (Å²) in [5.74, 6) is 0.153. The van der Waals surface area contributed by atoms with Crippen molar-refractivity contribution in [2.45, 2.75) is 30.6 Å². The molecule has 1 fully saturated rings. The molecular weight excluding hydrogens is 304 g/mol. The van der Waals surface area contributed by atoms with E-state index >= 15 is 0 Å². The lowest BCUT2D eigenvalue weighted by Crippen LogP contribution is -2.48. The van der Waals surface area contributed by atoms with Gasteiger partial charge in [-0.15, -0.1) is 0 Å². The van der Waals surface area contributed by atoms with Crippen LogP contribution in [-0.2, 0) is 4.79 Å². The first-order chi connectivity index (χ1) is 9.09. The van der Waals surface area contributed by atoms with Crippen LogP contribution in [-0.4, -0.2) is 41.8 Å². The molecule has 3 nitrogen and oxygen atoms in total. The maximum Gasteiger partial charge on any atom is 0.240 e. The molecule has 1 heterocycles. The summed E-state index contributed by atoms with van der Waals surface area (Å²) in [4.78, 5) is 16.6. The van der Waals surface area contributed by atoms with E-state index < -0.39 is 0 Å². The van der Waals surface area contributed by atoms with Crippen molar-refractivity contribution in [3.8, 4) is 0 Å². The molecule has 0 radical (unpaired) electrons. The number of amides is 1. The Bertz CT molecular complexity index is 413.